The highest BCUT2D eigenvalue weighted by molar-refractivity contribution is 7.91. The lowest BCUT2D eigenvalue weighted by Gasteiger charge is -2.33. The first-order valence-electron chi connectivity index (χ1n) is 8.35. The van der Waals surface area contributed by atoms with Gasteiger partial charge in [0.15, 0.2) is 16.4 Å². The summed E-state index contributed by atoms with van der Waals surface area (Å²) in [6, 6.07) is 2.78. The number of phenolic OH excluding ortho intramolecular Hbond substituents is 2. The number of hydrogen-bond acceptors (Lipinski definition) is 7. The molecule has 0 spiro atoms. The summed E-state index contributed by atoms with van der Waals surface area (Å²) in [7, 11) is -3.16. The fourth-order valence-corrected chi connectivity index (χ4v) is 4.68. The van der Waals surface area contributed by atoms with Gasteiger partial charge in [-0.25, -0.2) is 13.2 Å². The quantitative estimate of drug-likeness (QED) is 0.703. The molecule has 0 bridgehead atoms. The molecule has 2 atom stereocenters. The molecule has 0 saturated carbocycles. The lowest BCUT2D eigenvalue weighted by molar-refractivity contribution is -0.138. The summed E-state index contributed by atoms with van der Waals surface area (Å²) in [5.74, 6) is -2.09. The minimum atomic E-state index is -3.16. The van der Waals surface area contributed by atoms with Crippen LogP contribution in [0.3, 0.4) is 0 Å². The Labute approximate surface area is 152 Å². The van der Waals surface area contributed by atoms with E-state index in [0.29, 0.717) is 12.8 Å². The van der Waals surface area contributed by atoms with Gasteiger partial charge < -0.3 is 19.8 Å². The predicted molar refractivity (Wildman–Crippen MR) is 93.7 cm³/mol. The van der Waals surface area contributed by atoms with Crippen LogP contribution < -0.4 is 0 Å². The second-order valence-electron chi connectivity index (χ2n) is 6.39. The summed E-state index contributed by atoms with van der Waals surface area (Å²) in [5, 5.41) is 18.9. The van der Waals surface area contributed by atoms with Crippen LogP contribution >= 0.6 is 0 Å². The number of carbonyl (C=O) groups excluding carboxylic acids is 2. The van der Waals surface area contributed by atoms with Gasteiger partial charge in [-0.3, -0.25) is 4.79 Å². The van der Waals surface area contributed by atoms with Gasteiger partial charge in [0.2, 0.25) is 0 Å². The number of ether oxygens (including phenoxy) is 1. The van der Waals surface area contributed by atoms with E-state index in [-0.39, 0.29) is 28.9 Å². The molecule has 1 aromatic carbocycles. The first-order chi connectivity index (χ1) is 12.1. The molecule has 0 unspecified atom stereocenters. The van der Waals surface area contributed by atoms with Gasteiger partial charge in [0.1, 0.15) is 17.1 Å². The molecule has 0 radical (unpaired) electrons. The molecule has 2 N–H and O–H groups in total. The third-order valence-corrected chi connectivity index (χ3v) is 6.23. The third kappa shape index (κ3) is 4.66. The maximum Gasteiger partial charge on any atom is 0.342 e. The first kappa shape index (κ1) is 20.0. The Morgan fingerprint density at radius 2 is 2.04 bits per heavy atom. The maximum atomic E-state index is 12.6. The van der Waals surface area contributed by atoms with Gasteiger partial charge in [0.05, 0.1) is 11.5 Å². The molecule has 1 fully saturated rings. The van der Waals surface area contributed by atoms with Gasteiger partial charge in [-0.15, -0.1) is 0 Å². The van der Waals surface area contributed by atoms with E-state index in [4.69, 9.17) is 4.74 Å². The van der Waals surface area contributed by atoms with Crippen molar-refractivity contribution in [3.63, 3.8) is 0 Å². The van der Waals surface area contributed by atoms with E-state index in [0.717, 1.165) is 6.07 Å². The van der Waals surface area contributed by atoms with Crippen LogP contribution in [0.1, 0.15) is 37.0 Å². The molecule has 26 heavy (non-hydrogen) atoms. The number of nitrogens with zero attached hydrogens (tertiary/aromatic N) is 1. The molecule has 9 heteroatoms. The fourth-order valence-electron chi connectivity index (χ4n) is 2.97. The molecule has 144 valence electrons. The maximum absolute atomic E-state index is 12.6. The minimum Gasteiger partial charge on any atom is -0.508 e. The average Bonchev–Trinajstić information content (AvgIpc) is 2.92. The number of sulfone groups is 1. The number of benzene rings is 1. The highest BCUT2D eigenvalue weighted by Gasteiger charge is 2.36. The van der Waals surface area contributed by atoms with Crippen molar-refractivity contribution >= 4 is 21.7 Å². The van der Waals surface area contributed by atoms with Crippen molar-refractivity contribution in [1.82, 2.24) is 4.90 Å². The van der Waals surface area contributed by atoms with Crippen LogP contribution in [0.25, 0.3) is 0 Å². The number of esters is 1. The molecule has 1 amide bonds. The van der Waals surface area contributed by atoms with Gasteiger partial charge in [0.25, 0.3) is 5.91 Å². The number of rotatable bonds is 6. The summed E-state index contributed by atoms with van der Waals surface area (Å²) >= 11 is 0. The van der Waals surface area contributed by atoms with Gasteiger partial charge in [-0.05, 0) is 31.9 Å². The molecule has 1 aromatic rings. The van der Waals surface area contributed by atoms with Crippen LogP contribution in [0.2, 0.25) is 0 Å². The number of phenols is 2. The number of hydrogen-bond donors (Lipinski definition) is 2. The second kappa shape index (κ2) is 7.94. The zero-order valence-electron chi connectivity index (χ0n) is 14.7. The molecule has 2 rings (SSSR count). The zero-order valence-corrected chi connectivity index (χ0v) is 15.5. The number of carbonyl (C=O) groups is 2. The molecule has 1 aliphatic rings. The lowest BCUT2D eigenvalue weighted by atomic mass is 10.1. The standard InChI is InChI=1S/C17H23NO7S/c1-3-11(2)18(12-6-7-26(23,24)10-12)16(21)9-25-17(22)14-5-4-13(19)8-15(14)20/h4-5,8,11-12,19-20H,3,6-7,9-10H2,1-2H3/t11-,12-/m1/s1. The fraction of sp³-hybridized carbons (Fsp3) is 0.529. The molecular weight excluding hydrogens is 362 g/mol. The SMILES string of the molecule is CC[C@@H](C)N(C(=O)COC(=O)c1ccc(O)cc1O)[C@@H]1CCS(=O)(=O)C1. The van der Waals surface area contributed by atoms with Crippen LogP contribution in [0.15, 0.2) is 18.2 Å². The van der Waals surface area contributed by atoms with Crippen molar-refractivity contribution in [1.29, 1.82) is 0 Å². The van der Waals surface area contributed by atoms with E-state index in [1.807, 2.05) is 13.8 Å². The van der Waals surface area contributed by atoms with Crippen molar-refractivity contribution in [3.05, 3.63) is 23.8 Å². The van der Waals surface area contributed by atoms with E-state index in [1.54, 1.807) is 0 Å². The van der Waals surface area contributed by atoms with E-state index >= 15 is 0 Å². The second-order valence-corrected chi connectivity index (χ2v) is 8.62. The van der Waals surface area contributed by atoms with Crippen molar-refractivity contribution in [2.24, 2.45) is 0 Å². The summed E-state index contributed by atoms with van der Waals surface area (Å²) in [6.45, 7) is 3.14. The number of amides is 1. The highest BCUT2D eigenvalue weighted by atomic mass is 32.2. The molecule has 8 nitrogen and oxygen atoms in total. The minimum absolute atomic E-state index is 0.0407. The Hall–Kier alpha value is -2.29. The Morgan fingerprint density at radius 1 is 1.35 bits per heavy atom. The van der Waals surface area contributed by atoms with Gasteiger partial charge in [-0.1, -0.05) is 6.92 Å². The van der Waals surface area contributed by atoms with Crippen molar-refractivity contribution in [3.8, 4) is 11.5 Å². The molecule has 1 saturated heterocycles. The number of aromatic hydroxyl groups is 2. The van der Waals surface area contributed by atoms with Crippen molar-refractivity contribution in [2.75, 3.05) is 18.1 Å². The van der Waals surface area contributed by atoms with Crippen LogP contribution in [0, 0.1) is 0 Å². The molecule has 0 aliphatic carbocycles. The molecule has 0 aromatic heterocycles. The van der Waals surface area contributed by atoms with Crippen LogP contribution in [0.4, 0.5) is 0 Å². The predicted octanol–water partition coefficient (Wildman–Crippen LogP) is 1.07. The zero-order chi connectivity index (χ0) is 19.5. The van der Waals surface area contributed by atoms with Crippen LogP contribution in [-0.2, 0) is 19.4 Å². The summed E-state index contributed by atoms with van der Waals surface area (Å²) in [5.41, 5.74) is -0.172. The van der Waals surface area contributed by atoms with Gasteiger partial charge >= 0.3 is 5.97 Å². The highest BCUT2D eigenvalue weighted by Crippen LogP contribution is 2.24. The lowest BCUT2D eigenvalue weighted by Crippen LogP contribution is -2.48. The summed E-state index contributed by atoms with van der Waals surface area (Å²) < 4.78 is 28.4. The summed E-state index contributed by atoms with van der Waals surface area (Å²) in [6.07, 6.45) is 1.00. The van der Waals surface area contributed by atoms with Crippen molar-refractivity contribution < 1.29 is 33.0 Å². The van der Waals surface area contributed by atoms with E-state index in [1.165, 1.54) is 17.0 Å². The normalized spacial score (nSPS) is 19.7. The van der Waals surface area contributed by atoms with Crippen molar-refractivity contribution in [2.45, 2.75) is 38.8 Å². The molecular formula is C17H23NO7S. The monoisotopic (exact) mass is 385 g/mol. The summed E-state index contributed by atoms with van der Waals surface area (Å²) in [4.78, 5) is 26.1. The Kier molecular flexibility index (Phi) is 6.12. The van der Waals surface area contributed by atoms with E-state index < -0.39 is 40.1 Å². The first-order valence-corrected chi connectivity index (χ1v) is 10.2. The third-order valence-electron chi connectivity index (χ3n) is 4.48. The molecule has 1 aliphatic heterocycles. The Morgan fingerprint density at radius 3 is 2.58 bits per heavy atom. The Balaban J connectivity index is 2.06. The van der Waals surface area contributed by atoms with Gasteiger partial charge in [0, 0.05) is 18.2 Å². The van der Waals surface area contributed by atoms with E-state index in [9.17, 15) is 28.2 Å². The average molecular weight is 385 g/mol. The van der Waals surface area contributed by atoms with Crippen LogP contribution in [-0.4, -0.2) is 65.6 Å². The van der Waals surface area contributed by atoms with Crippen LogP contribution in [0.5, 0.6) is 11.5 Å². The molecule has 1 heterocycles. The van der Waals surface area contributed by atoms with E-state index in [2.05, 4.69) is 0 Å². The van der Waals surface area contributed by atoms with Gasteiger partial charge in [-0.2, -0.15) is 0 Å². The topological polar surface area (TPSA) is 121 Å². The smallest absolute Gasteiger partial charge is 0.342 e. The largest absolute Gasteiger partial charge is 0.508 e. The Bertz CT molecular complexity index is 790.